The molecule has 0 nitrogen and oxygen atoms in total. The van der Waals surface area contributed by atoms with Crippen molar-refractivity contribution in [1.82, 2.24) is 0 Å². The maximum Gasteiger partial charge on any atom is 0.0542 e. The van der Waals surface area contributed by atoms with Crippen molar-refractivity contribution >= 4 is 115 Å². The lowest BCUT2D eigenvalue weighted by Gasteiger charge is -2.01. The van der Waals surface area contributed by atoms with Gasteiger partial charge in [0.15, 0.2) is 0 Å². The first kappa shape index (κ1) is 23.4. The molecule has 0 spiro atoms. The number of hydrogen-bond donors (Lipinski definition) is 0. The van der Waals surface area contributed by atoms with Crippen LogP contribution in [-0.2, 0) is 12.8 Å². The molecule has 8 aromatic rings. The van der Waals surface area contributed by atoms with E-state index in [1.807, 2.05) is 45.3 Å². The summed E-state index contributed by atoms with van der Waals surface area (Å²) < 4.78 is 11.6. The fourth-order valence-electron chi connectivity index (χ4n) is 5.93. The van der Waals surface area contributed by atoms with Crippen molar-refractivity contribution in [3.05, 3.63) is 71.8 Å². The molecule has 0 bridgehead atoms. The summed E-state index contributed by atoms with van der Waals surface area (Å²) in [5, 5.41) is 8.50. The van der Waals surface area contributed by atoms with Crippen LogP contribution in [0.1, 0.15) is 50.7 Å². The van der Waals surface area contributed by atoms with Gasteiger partial charge < -0.3 is 0 Å². The number of benzene rings is 4. The molecule has 0 aliphatic heterocycles. The zero-order valence-corrected chi connectivity index (χ0v) is 24.9. The van der Waals surface area contributed by atoms with Crippen LogP contribution in [0.3, 0.4) is 0 Å². The lowest BCUT2D eigenvalue weighted by atomic mass is 10.1. The average molecular weight is 565 g/mol. The highest BCUT2D eigenvalue weighted by Gasteiger charge is 2.16. The van der Waals surface area contributed by atoms with Crippen LogP contribution in [0.15, 0.2) is 60.7 Å². The van der Waals surface area contributed by atoms with Gasteiger partial charge in [0.1, 0.15) is 0 Å². The summed E-state index contributed by atoms with van der Waals surface area (Å²) in [6.45, 7) is 4.55. The van der Waals surface area contributed by atoms with Crippen molar-refractivity contribution in [3.63, 3.8) is 0 Å². The molecule has 4 heteroatoms. The third kappa shape index (κ3) is 3.57. The molecule has 0 saturated carbocycles. The first-order valence-electron chi connectivity index (χ1n) is 13.8. The molecule has 0 fully saturated rings. The van der Waals surface area contributed by atoms with Gasteiger partial charge in [0, 0.05) is 40.3 Å². The maximum atomic E-state index is 2.46. The zero-order chi connectivity index (χ0) is 25.4. The van der Waals surface area contributed by atoms with Crippen molar-refractivity contribution < 1.29 is 0 Å². The summed E-state index contributed by atoms with van der Waals surface area (Å²) in [6, 6.07) is 24.1. The van der Waals surface area contributed by atoms with Gasteiger partial charge in [-0.05, 0) is 96.1 Å². The second-order valence-corrected chi connectivity index (χ2v) is 14.8. The number of fused-ring (bicyclic) bond motifs is 11. The number of unbranched alkanes of at least 4 members (excludes halogenated alkanes) is 2. The highest BCUT2D eigenvalue weighted by atomic mass is 32.1. The average Bonchev–Trinajstić information content (AvgIpc) is 3.66. The predicted octanol–water partition coefficient (Wildman–Crippen LogP) is 12.7. The molecule has 0 aliphatic carbocycles. The first-order valence-corrected chi connectivity index (χ1v) is 17.1. The van der Waals surface area contributed by atoms with Crippen molar-refractivity contribution in [2.75, 3.05) is 0 Å². The minimum Gasteiger partial charge on any atom is -0.134 e. The summed E-state index contributed by atoms with van der Waals surface area (Å²) in [6.07, 6.45) is 7.39. The Morgan fingerprint density at radius 2 is 0.842 bits per heavy atom. The van der Waals surface area contributed by atoms with Gasteiger partial charge in [-0.2, -0.15) is 0 Å². The highest BCUT2D eigenvalue weighted by Crippen LogP contribution is 2.48. The lowest BCUT2D eigenvalue weighted by Crippen LogP contribution is -1.82. The minimum absolute atomic E-state index is 1.18. The van der Waals surface area contributed by atoms with Gasteiger partial charge in [-0.3, -0.25) is 0 Å². The second kappa shape index (κ2) is 9.02. The number of hydrogen-bond acceptors (Lipinski definition) is 4. The summed E-state index contributed by atoms with van der Waals surface area (Å²) in [5.41, 5.74) is 2.96. The Hall–Kier alpha value is -2.50. The number of aryl methyl sites for hydroxylation is 2. The monoisotopic (exact) mass is 564 g/mol. The molecule has 0 atom stereocenters. The number of thiophene rings is 4. The first-order chi connectivity index (χ1) is 18.7. The van der Waals surface area contributed by atoms with Gasteiger partial charge >= 0.3 is 0 Å². The van der Waals surface area contributed by atoms with Crippen LogP contribution < -0.4 is 0 Å². The molecule has 0 saturated heterocycles. The van der Waals surface area contributed by atoms with E-state index in [9.17, 15) is 0 Å². The van der Waals surface area contributed by atoms with Gasteiger partial charge in [0.25, 0.3) is 0 Å². The molecule has 8 rings (SSSR count). The summed E-state index contributed by atoms with van der Waals surface area (Å²) in [7, 11) is 0. The van der Waals surface area contributed by atoms with E-state index < -0.39 is 0 Å². The van der Waals surface area contributed by atoms with E-state index in [-0.39, 0.29) is 0 Å². The molecular weight excluding hydrogens is 537 g/mol. The van der Waals surface area contributed by atoms with Crippen LogP contribution in [0, 0.1) is 0 Å². The van der Waals surface area contributed by atoms with Gasteiger partial charge in [0.2, 0.25) is 0 Å². The van der Waals surface area contributed by atoms with Crippen LogP contribution in [0.4, 0.5) is 0 Å². The molecular formula is C34H28S4. The minimum atomic E-state index is 1.18. The topological polar surface area (TPSA) is 0 Å². The van der Waals surface area contributed by atoms with E-state index in [4.69, 9.17) is 0 Å². The van der Waals surface area contributed by atoms with Crippen molar-refractivity contribution in [2.45, 2.75) is 52.4 Å². The quantitative estimate of drug-likeness (QED) is 0.188. The summed E-state index contributed by atoms with van der Waals surface area (Å²) >= 11 is 7.91. The van der Waals surface area contributed by atoms with Crippen molar-refractivity contribution in [3.8, 4) is 0 Å². The molecule has 0 amide bonds. The van der Waals surface area contributed by atoms with Gasteiger partial charge in [-0.25, -0.2) is 0 Å². The smallest absolute Gasteiger partial charge is 0.0542 e. The van der Waals surface area contributed by atoms with Crippen LogP contribution in [0.25, 0.3) is 69.9 Å². The third-order valence-corrected chi connectivity index (χ3v) is 13.0. The fraction of sp³-hybridized carbons (Fsp3) is 0.235. The fourth-order valence-corrected chi connectivity index (χ4v) is 11.2. The number of rotatable bonds is 6. The molecule has 4 aromatic carbocycles. The lowest BCUT2D eigenvalue weighted by molar-refractivity contribution is 0.796. The van der Waals surface area contributed by atoms with Crippen molar-refractivity contribution in [2.24, 2.45) is 0 Å². The van der Waals surface area contributed by atoms with E-state index in [0.29, 0.717) is 0 Å². The standard InChI is InChI=1S/C34H28S4/c1-3-5-7-19-9-11-27-23(13-19)31-33(35-27)25-15-21-18-30-26(16-22(21)17-29(25)37-31)34-32(38-30)24-14-20(8-6-4-2)10-12-28(24)36-34/h9-18H,3-8H2,1-2H3. The summed E-state index contributed by atoms with van der Waals surface area (Å²) in [4.78, 5) is 0. The Morgan fingerprint density at radius 3 is 1.26 bits per heavy atom. The van der Waals surface area contributed by atoms with Gasteiger partial charge in [-0.1, -0.05) is 38.8 Å². The van der Waals surface area contributed by atoms with Gasteiger partial charge in [0.05, 0.1) is 18.8 Å². The molecule has 0 radical (unpaired) electrons. The van der Waals surface area contributed by atoms with E-state index >= 15 is 0 Å². The van der Waals surface area contributed by atoms with Crippen LogP contribution in [0.2, 0.25) is 0 Å². The third-order valence-electron chi connectivity index (χ3n) is 8.00. The largest absolute Gasteiger partial charge is 0.134 e. The molecule has 4 aromatic heterocycles. The molecule has 0 unspecified atom stereocenters. The second-order valence-electron chi connectivity index (χ2n) is 10.6. The van der Waals surface area contributed by atoms with E-state index in [1.54, 1.807) is 0 Å². The Bertz CT molecular complexity index is 2010. The van der Waals surface area contributed by atoms with Crippen LogP contribution >= 0.6 is 45.3 Å². The zero-order valence-electron chi connectivity index (χ0n) is 21.6. The SMILES string of the molecule is CCCCc1ccc2sc3c4cc5cc6sc7c8cc(CCCC)ccc8sc7c6cc5cc4sc3c2c1. The van der Waals surface area contributed by atoms with E-state index in [2.05, 4.69) is 74.5 Å². The molecule has 0 N–H and O–H groups in total. The van der Waals surface area contributed by atoms with E-state index in [1.165, 1.54) is 120 Å². The molecule has 4 heterocycles. The van der Waals surface area contributed by atoms with Crippen LogP contribution in [0.5, 0.6) is 0 Å². The Kier molecular flexibility index (Phi) is 5.56. The molecule has 38 heavy (non-hydrogen) atoms. The normalized spacial score (nSPS) is 12.6. The Labute approximate surface area is 238 Å². The van der Waals surface area contributed by atoms with Crippen molar-refractivity contribution in [1.29, 1.82) is 0 Å². The summed E-state index contributed by atoms with van der Waals surface area (Å²) in [5.74, 6) is 0. The van der Waals surface area contributed by atoms with E-state index in [0.717, 1.165) is 0 Å². The molecule has 188 valence electrons. The van der Waals surface area contributed by atoms with Crippen LogP contribution in [-0.4, -0.2) is 0 Å². The molecule has 0 aliphatic rings. The highest BCUT2D eigenvalue weighted by molar-refractivity contribution is 7.37. The maximum absolute atomic E-state index is 2.46. The predicted molar refractivity (Wildman–Crippen MR) is 178 cm³/mol. The Balaban J connectivity index is 1.31. The van der Waals surface area contributed by atoms with Gasteiger partial charge in [-0.15, -0.1) is 45.3 Å². The Morgan fingerprint density at radius 1 is 0.447 bits per heavy atom.